The van der Waals surface area contributed by atoms with Crippen LogP contribution in [0.4, 0.5) is 0 Å². The van der Waals surface area contributed by atoms with Crippen molar-refractivity contribution in [2.75, 3.05) is 19.7 Å². The van der Waals surface area contributed by atoms with E-state index in [4.69, 9.17) is 4.74 Å². The fraction of sp³-hybridized carbons (Fsp3) is 1.00. The highest BCUT2D eigenvalue weighted by atomic mass is 16.5. The molecule has 1 fully saturated rings. The number of ether oxygens (including phenoxy) is 1. The van der Waals surface area contributed by atoms with Crippen LogP contribution in [0.5, 0.6) is 0 Å². The molecule has 2 heteroatoms. The van der Waals surface area contributed by atoms with Gasteiger partial charge in [0, 0.05) is 6.61 Å². The first-order valence-corrected chi connectivity index (χ1v) is 4.65. The molecule has 1 saturated heterocycles. The zero-order chi connectivity index (χ0) is 8.10. The third-order valence-electron chi connectivity index (χ3n) is 2.37. The lowest BCUT2D eigenvalue weighted by Gasteiger charge is -2.27. The molecule has 0 aromatic heterocycles. The first kappa shape index (κ1) is 9.01. The zero-order valence-electron chi connectivity index (χ0n) is 7.60. The van der Waals surface area contributed by atoms with Crippen molar-refractivity contribution in [2.24, 2.45) is 5.92 Å². The minimum Gasteiger partial charge on any atom is -0.379 e. The predicted molar refractivity (Wildman–Crippen MR) is 46.7 cm³/mol. The molecule has 0 aliphatic carbocycles. The Morgan fingerprint density at radius 2 is 2.27 bits per heavy atom. The van der Waals surface area contributed by atoms with Gasteiger partial charge in [-0.1, -0.05) is 6.92 Å². The minimum atomic E-state index is 0.447. The van der Waals surface area contributed by atoms with Crippen LogP contribution in [0.25, 0.3) is 0 Å². The predicted octanol–water partition coefficient (Wildman–Crippen LogP) is 1.41. The van der Waals surface area contributed by atoms with Crippen molar-refractivity contribution in [2.45, 2.75) is 32.8 Å². The van der Waals surface area contributed by atoms with Crippen LogP contribution < -0.4 is 5.32 Å². The Morgan fingerprint density at radius 1 is 1.55 bits per heavy atom. The third kappa shape index (κ3) is 3.21. The summed E-state index contributed by atoms with van der Waals surface area (Å²) < 4.78 is 5.57. The average molecular weight is 157 g/mol. The van der Waals surface area contributed by atoms with Gasteiger partial charge in [-0.25, -0.2) is 0 Å². The molecule has 1 unspecified atom stereocenters. The molecule has 66 valence electrons. The van der Waals surface area contributed by atoms with Gasteiger partial charge in [-0.05, 0) is 38.8 Å². The highest BCUT2D eigenvalue weighted by molar-refractivity contribution is 4.73. The molecule has 1 atom stereocenters. The molecule has 0 amide bonds. The molecule has 1 aliphatic rings. The van der Waals surface area contributed by atoms with E-state index >= 15 is 0 Å². The van der Waals surface area contributed by atoms with E-state index in [-0.39, 0.29) is 0 Å². The van der Waals surface area contributed by atoms with E-state index in [9.17, 15) is 0 Å². The quantitative estimate of drug-likeness (QED) is 0.651. The van der Waals surface area contributed by atoms with E-state index in [1.54, 1.807) is 0 Å². The lowest BCUT2D eigenvalue weighted by molar-refractivity contribution is 0.0498. The van der Waals surface area contributed by atoms with Crippen LogP contribution in [0.3, 0.4) is 0 Å². The standard InChI is InChI=1S/C9H19NO/c1-3-8(2)11-5-4-9-6-10-7-9/h8-10H,3-7H2,1-2H3. The Balaban J connectivity index is 1.86. The van der Waals surface area contributed by atoms with Crippen LogP contribution in [0, 0.1) is 5.92 Å². The van der Waals surface area contributed by atoms with E-state index in [1.807, 2.05) is 0 Å². The number of hydrogen-bond acceptors (Lipinski definition) is 2. The van der Waals surface area contributed by atoms with Gasteiger partial charge in [-0.3, -0.25) is 0 Å². The highest BCUT2D eigenvalue weighted by Crippen LogP contribution is 2.09. The summed E-state index contributed by atoms with van der Waals surface area (Å²) in [6.07, 6.45) is 2.81. The molecule has 1 N–H and O–H groups in total. The van der Waals surface area contributed by atoms with Crippen molar-refractivity contribution in [3.05, 3.63) is 0 Å². The normalized spacial score (nSPS) is 21.3. The summed E-state index contributed by atoms with van der Waals surface area (Å²) in [4.78, 5) is 0. The van der Waals surface area contributed by atoms with Gasteiger partial charge in [0.15, 0.2) is 0 Å². The molecule has 2 nitrogen and oxygen atoms in total. The SMILES string of the molecule is CCC(C)OCCC1CNC1. The van der Waals surface area contributed by atoms with Crippen molar-refractivity contribution in [3.8, 4) is 0 Å². The summed E-state index contributed by atoms with van der Waals surface area (Å²) in [5, 5.41) is 3.26. The molecule has 1 rings (SSSR count). The summed E-state index contributed by atoms with van der Waals surface area (Å²) >= 11 is 0. The van der Waals surface area contributed by atoms with Gasteiger partial charge in [-0.15, -0.1) is 0 Å². The maximum atomic E-state index is 5.57. The van der Waals surface area contributed by atoms with Gasteiger partial charge in [0.05, 0.1) is 6.10 Å². The molecule has 0 aromatic rings. The minimum absolute atomic E-state index is 0.447. The topological polar surface area (TPSA) is 21.3 Å². The van der Waals surface area contributed by atoms with Gasteiger partial charge in [0.2, 0.25) is 0 Å². The largest absolute Gasteiger partial charge is 0.379 e. The molecule has 0 saturated carbocycles. The number of rotatable bonds is 5. The maximum Gasteiger partial charge on any atom is 0.0544 e. The zero-order valence-corrected chi connectivity index (χ0v) is 7.60. The summed E-state index contributed by atoms with van der Waals surface area (Å²) in [5.74, 6) is 0.888. The van der Waals surface area contributed by atoms with Crippen molar-refractivity contribution < 1.29 is 4.74 Å². The van der Waals surface area contributed by atoms with Crippen LogP contribution in [0.2, 0.25) is 0 Å². The van der Waals surface area contributed by atoms with Crippen LogP contribution in [-0.4, -0.2) is 25.8 Å². The van der Waals surface area contributed by atoms with E-state index < -0.39 is 0 Å². The van der Waals surface area contributed by atoms with Gasteiger partial charge in [0.25, 0.3) is 0 Å². The smallest absolute Gasteiger partial charge is 0.0544 e. The van der Waals surface area contributed by atoms with Crippen molar-refractivity contribution >= 4 is 0 Å². The second-order valence-corrected chi connectivity index (χ2v) is 3.40. The van der Waals surface area contributed by atoms with Gasteiger partial charge in [-0.2, -0.15) is 0 Å². The first-order valence-electron chi connectivity index (χ1n) is 4.65. The van der Waals surface area contributed by atoms with Crippen molar-refractivity contribution in [1.29, 1.82) is 0 Å². The van der Waals surface area contributed by atoms with Crippen LogP contribution in [0.15, 0.2) is 0 Å². The lowest BCUT2D eigenvalue weighted by Crippen LogP contribution is -2.42. The molecule has 0 spiro atoms. The summed E-state index contributed by atoms with van der Waals surface area (Å²) in [6, 6.07) is 0. The van der Waals surface area contributed by atoms with Gasteiger partial charge >= 0.3 is 0 Å². The second kappa shape index (κ2) is 4.73. The van der Waals surface area contributed by atoms with E-state index in [0.717, 1.165) is 18.9 Å². The van der Waals surface area contributed by atoms with Crippen molar-refractivity contribution in [3.63, 3.8) is 0 Å². The van der Waals surface area contributed by atoms with Crippen LogP contribution >= 0.6 is 0 Å². The first-order chi connectivity index (χ1) is 5.33. The van der Waals surface area contributed by atoms with Crippen LogP contribution in [-0.2, 0) is 4.74 Å². The fourth-order valence-electron chi connectivity index (χ4n) is 1.11. The molecular formula is C9H19NO. The Hall–Kier alpha value is -0.0800. The fourth-order valence-corrected chi connectivity index (χ4v) is 1.11. The van der Waals surface area contributed by atoms with Gasteiger partial charge in [0.1, 0.15) is 0 Å². The summed E-state index contributed by atoms with van der Waals surface area (Å²) in [6.45, 7) is 7.64. The summed E-state index contributed by atoms with van der Waals surface area (Å²) in [5.41, 5.74) is 0. The molecule has 11 heavy (non-hydrogen) atoms. The molecule has 1 heterocycles. The summed E-state index contributed by atoms with van der Waals surface area (Å²) in [7, 11) is 0. The third-order valence-corrected chi connectivity index (χ3v) is 2.37. The number of hydrogen-bond donors (Lipinski definition) is 1. The molecule has 0 aromatic carbocycles. The Kier molecular flexibility index (Phi) is 3.87. The second-order valence-electron chi connectivity index (χ2n) is 3.40. The Morgan fingerprint density at radius 3 is 2.73 bits per heavy atom. The van der Waals surface area contributed by atoms with Crippen LogP contribution in [0.1, 0.15) is 26.7 Å². The lowest BCUT2D eigenvalue weighted by atomic mass is 10.0. The maximum absolute atomic E-state index is 5.57. The monoisotopic (exact) mass is 157 g/mol. The average Bonchev–Trinajstić information content (AvgIpc) is 1.94. The molecule has 0 radical (unpaired) electrons. The Bertz CT molecular complexity index is 97.0. The molecule has 0 bridgehead atoms. The highest BCUT2D eigenvalue weighted by Gasteiger charge is 2.15. The van der Waals surface area contributed by atoms with E-state index in [1.165, 1.54) is 19.5 Å². The molecule has 1 aliphatic heterocycles. The van der Waals surface area contributed by atoms with Crippen molar-refractivity contribution in [1.82, 2.24) is 5.32 Å². The van der Waals surface area contributed by atoms with Gasteiger partial charge < -0.3 is 10.1 Å². The Labute approximate surface area is 69.3 Å². The van der Waals surface area contributed by atoms with E-state index in [2.05, 4.69) is 19.2 Å². The van der Waals surface area contributed by atoms with E-state index in [0.29, 0.717) is 6.10 Å². The molecular weight excluding hydrogens is 138 g/mol. The number of nitrogens with one attached hydrogen (secondary N) is 1.